The Bertz CT molecular complexity index is 1150. The van der Waals surface area contributed by atoms with Crippen molar-refractivity contribution in [3.63, 3.8) is 0 Å². The summed E-state index contributed by atoms with van der Waals surface area (Å²) in [6.45, 7) is 1.90. The van der Waals surface area contributed by atoms with Crippen molar-refractivity contribution in [2.75, 3.05) is 4.72 Å². The van der Waals surface area contributed by atoms with Crippen molar-refractivity contribution >= 4 is 26.8 Å². The van der Waals surface area contributed by atoms with Gasteiger partial charge in [-0.3, -0.25) is 4.72 Å². The number of aromatic nitrogens is 1. The minimum absolute atomic E-state index is 0.129. The van der Waals surface area contributed by atoms with E-state index in [2.05, 4.69) is 9.71 Å². The highest BCUT2D eigenvalue weighted by molar-refractivity contribution is 7.92. The molecule has 1 N–H and O–H groups in total. The number of rotatable bonds is 5. The monoisotopic (exact) mass is 380 g/mol. The van der Waals surface area contributed by atoms with Gasteiger partial charge in [-0.05, 0) is 55.5 Å². The van der Waals surface area contributed by atoms with Crippen molar-refractivity contribution in [3.8, 4) is 11.8 Å². The van der Waals surface area contributed by atoms with Crippen molar-refractivity contribution in [1.29, 1.82) is 0 Å². The fraction of sp³-hybridized carbons (Fsp3) is 0.0500. The van der Waals surface area contributed by atoms with Crippen LogP contribution < -0.4 is 9.46 Å². The molecule has 1 aromatic heterocycles. The number of sulfonamides is 1. The third-order valence-electron chi connectivity index (χ3n) is 3.92. The summed E-state index contributed by atoms with van der Waals surface area (Å²) >= 11 is 0. The Morgan fingerprint density at radius 3 is 2.33 bits per heavy atom. The molecule has 0 radical (unpaired) electrons. The van der Waals surface area contributed by atoms with E-state index in [1.165, 1.54) is 0 Å². The van der Waals surface area contributed by atoms with Crippen LogP contribution in [0.5, 0.6) is 11.8 Å². The summed E-state index contributed by atoms with van der Waals surface area (Å²) in [6.07, 6.45) is 0.129. The Balaban J connectivity index is 1.49. The van der Waals surface area contributed by atoms with Crippen LogP contribution in [0.2, 0.25) is 0 Å². The zero-order valence-electron chi connectivity index (χ0n) is 14.4. The molecular weight excluding hydrogens is 364 g/mol. The number of benzene rings is 3. The number of hydrogen-bond donors (Lipinski definition) is 1. The van der Waals surface area contributed by atoms with E-state index in [9.17, 15) is 8.42 Å². The predicted molar refractivity (Wildman–Crippen MR) is 103 cm³/mol. The van der Waals surface area contributed by atoms with Crippen LogP contribution in [0.3, 0.4) is 0 Å². The number of nitrogens with one attached hydrogen (secondary N) is 1. The maximum atomic E-state index is 12.4. The zero-order valence-corrected chi connectivity index (χ0v) is 15.2. The highest BCUT2D eigenvalue weighted by Crippen LogP contribution is 2.26. The molecule has 3 aromatic carbocycles. The molecule has 0 aliphatic carbocycles. The van der Waals surface area contributed by atoms with Crippen LogP contribution in [0, 0.1) is 6.92 Å². The Kier molecular flexibility index (Phi) is 4.29. The van der Waals surface area contributed by atoms with E-state index in [4.69, 9.17) is 9.15 Å². The predicted octanol–water partition coefficient (Wildman–Crippen LogP) is 4.73. The lowest BCUT2D eigenvalue weighted by Crippen LogP contribution is -2.12. The van der Waals surface area contributed by atoms with Crippen molar-refractivity contribution < 1.29 is 17.6 Å². The van der Waals surface area contributed by atoms with Gasteiger partial charge in [-0.15, -0.1) is 0 Å². The second-order valence-electron chi connectivity index (χ2n) is 5.99. The van der Waals surface area contributed by atoms with Gasteiger partial charge < -0.3 is 9.15 Å². The quantitative estimate of drug-likeness (QED) is 0.541. The highest BCUT2D eigenvalue weighted by Gasteiger charge is 2.14. The van der Waals surface area contributed by atoms with Gasteiger partial charge in [0, 0.05) is 5.69 Å². The fourth-order valence-electron chi connectivity index (χ4n) is 2.52. The van der Waals surface area contributed by atoms with E-state index in [1.54, 1.807) is 54.6 Å². The number of aryl methyl sites for hydroxylation is 1. The molecule has 7 heteroatoms. The van der Waals surface area contributed by atoms with Crippen LogP contribution in [0.4, 0.5) is 5.69 Å². The Morgan fingerprint density at radius 2 is 1.63 bits per heavy atom. The highest BCUT2D eigenvalue weighted by atomic mass is 32.2. The summed E-state index contributed by atoms with van der Waals surface area (Å²) in [5, 5.41) is 0. The van der Waals surface area contributed by atoms with Gasteiger partial charge in [-0.25, -0.2) is 8.42 Å². The smallest absolute Gasteiger partial charge is 0.400 e. The van der Waals surface area contributed by atoms with Crippen LogP contribution in [0.1, 0.15) is 5.56 Å². The molecular formula is C20H16N2O4S. The van der Waals surface area contributed by atoms with Gasteiger partial charge in [0.25, 0.3) is 10.0 Å². The third kappa shape index (κ3) is 3.78. The topological polar surface area (TPSA) is 81.4 Å². The first-order valence-electron chi connectivity index (χ1n) is 8.23. The molecule has 136 valence electrons. The standard InChI is InChI=1S/C20H16N2O4S/c1-14-6-12-17(13-7-14)27(23,24)22-15-8-10-16(11-9-15)25-20-21-18-4-2-3-5-19(18)26-20/h2-13,22H,1H3. The zero-order chi connectivity index (χ0) is 18.9. The lowest BCUT2D eigenvalue weighted by Gasteiger charge is -2.09. The van der Waals surface area contributed by atoms with Gasteiger partial charge in [0.1, 0.15) is 11.3 Å². The second kappa shape index (κ2) is 6.77. The lowest BCUT2D eigenvalue weighted by molar-refractivity contribution is 0.343. The molecule has 0 fully saturated rings. The van der Waals surface area contributed by atoms with Gasteiger partial charge in [0.05, 0.1) is 4.90 Å². The summed E-state index contributed by atoms with van der Waals surface area (Å²) in [5.74, 6) is 0.486. The molecule has 1 heterocycles. The molecule has 0 amide bonds. The van der Waals surface area contributed by atoms with E-state index in [-0.39, 0.29) is 11.0 Å². The van der Waals surface area contributed by atoms with Crippen LogP contribution in [0.25, 0.3) is 11.1 Å². The molecule has 0 saturated carbocycles. The summed E-state index contributed by atoms with van der Waals surface area (Å²) in [6, 6.07) is 20.5. The maximum absolute atomic E-state index is 12.4. The summed E-state index contributed by atoms with van der Waals surface area (Å²) in [4.78, 5) is 4.44. The van der Waals surface area contributed by atoms with E-state index in [0.29, 0.717) is 22.5 Å². The molecule has 0 saturated heterocycles. The molecule has 0 bridgehead atoms. The Morgan fingerprint density at radius 1 is 0.926 bits per heavy atom. The minimum Gasteiger partial charge on any atom is -0.411 e. The molecule has 6 nitrogen and oxygen atoms in total. The van der Waals surface area contributed by atoms with E-state index in [0.717, 1.165) is 5.56 Å². The number of ether oxygens (including phenoxy) is 1. The van der Waals surface area contributed by atoms with Gasteiger partial charge >= 0.3 is 6.08 Å². The van der Waals surface area contributed by atoms with Crippen LogP contribution in [0.15, 0.2) is 82.1 Å². The molecule has 4 aromatic rings. The molecule has 0 spiro atoms. The number of anilines is 1. The van der Waals surface area contributed by atoms with Crippen molar-refractivity contribution in [2.24, 2.45) is 0 Å². The number of hydrogen-bond acceptors (Lipinski definition) is 5. The second-order valence-corrected chi connectivity index (χ2v) is 7.67. The van der Waals surface area contributed by atoms with Crippen LogP contribution >= 0.6 is 0 Å². The van der Waals surface area contributed by atoms with E-state index >= 15 is 0 Å². The first-order chi connectivity index (χ1) is 13.0. The SMILES string of the molecule is Cc1ccc(S(=O)(=O)Nc2ccc(Oc3nc4ccccc4o3)cc2)cc1. The largest absolute Gasteiger partial charge is 0.411 e. The first kappa shape index (κ1) is 17.1. The molecule has 0 unspecified atom stereocenters. The average molecular weight is 380 g/mol. The van der Waals surface area contributed by atoms with E-state index < -0.39 is 10.0 Å². The van der Waals surface area contributed by atoms with Gasteiger partial charge in [0.15, 0.2) is 5.58 Å². The molecule has 0 aliphatic rings. The van der Waals surface area contributed by atoms with Crippen LogP contribution in [-0.4, -0.2) is 13.4 Å². The van der Waals surface area contributed by atoms with Crippen LogP contribution in [-0.2, 0) is 10.0 Å². The van der Waals surface area contributed by atoms with Crippen molar-refractivity contribution in [2.45, 2.75) is 11.8 Å². The molecule has 0 atom stereocenters. The molecule has 27 heavy (non-hydrogen) atoms. The number of oxazole rings is 1. The van der Waals surface area contributed by atoms with Crippen molar-refractivity contribution in [3.05, 3.63) is 78.4 Å². The summed E-state index contributed by atoms with van der Waals surface area (Å²) in [5.41, 5.74) is 2.76. The number of para-hydroxylation sites is 2. The lowest BCUT2D eigenvalue weighted by atomic mass is 10.2. The molecule has 4 rings (SSSR count). The average Bonchev–Trinajstić information content (AvgIpc) is 3.06. The minimum atomic E-state index is -3.64. The molecule has 0 aliphatic heterocycles. The normalized spacial score (nSPS) is 11.4. The first-order valence-corrected chi connectivity index (χ1v) is 9.71. The maximum Gasteiger partial charge on any atom is 0.400 e. The van der Waals surface area contributed by atoms with Crippen molar-refractivity contribution in [1.82, 2.24) is 4.98 Å². The summed E-state index contributed by atoms with van der Waals surface area (Å²) < 4.78 is 38.5. The Hall–Kier alpha value is -3.32. The van der Waals surface area contributed by atoms with E-state index in [1.807, 2.05) is 25.1 Å². The van der Waals surface area contributed by atoms with Gasteiger partial charge in [0.2, 0.25) is 0 Å². The fourth-order valence-corrected chi connectivity index (χ4v) is 3.58. The summed E-state index contributed by atoms with van der Waals surface area (Å²) in [7, 11) is -3.64. The van der Waals surface area contributed by atoms with Gasteiger partial charge in [-0.2, -0.15) is 4.98 Å². The van der Waals surface area contributed by atoms with Gasteiger partial charge in [-0.1, -0.05) is 29.8 Å². The Labute approximate surface area is 156 Å². The third-order valence-corrected chi connectivity index (χ3v) is 5.31. The number of nitrogens with zero attached hydrogens (tertiary/aromatic N) is 1. The number of fused-ring (bicyclic) bond motifs is 1.